The van der Waals surface area contributed by atoms with Crippen LogP contribution in [0.3, 0.4) is 0 Å². The van der Waals surface area contributed by atoms with Gasteiger partial charge in [0.1, 0.15) is 11.6 Å². The fraction of sp³-hybridized carbons (Fsp3) is 0.500. The van der Waals surface area contributed by atoms with Crippen LogP contribution in [0.1, 0.15) is 19.4 Å². The second-order valence-corrected chi connectivity index (χ2v) is 4.37. The predicted octanol–water partition coefficient (Wildman–Crippen LogP) is 4.02. The van der Waals surface area contributed by atoms with Crippen LogP contribution < -0.4 is 0 Å². The molecule has 1 aromatic rings. The van der Waals surface area contributed by atoms with E-state index >= 15 is 0 Å². The van der Waals surface area contributed by atoms with Gasteiger partial charge >= 0.3 is 0 Å². The fourth-order valence-corrected chi connectivity index (χ4v) is 1.92. The molecule has 1 atom stereocenters. The van der Waals surface area contributed by atoms with Crippen molar-refractivity contribution in [3.05, 3.63) is 35.4 Å². The Balaban J connectivity index is 2.87. The lowest BCUT2D eigenvalue weighted by atomic mass is 9.90. The molecule has 0 radical (unpaired) electrons. The van der Waals surface area contributed by atoms with E-state index in [0.717, 1.165) is 0 Å². The van der Waals surface area contributed by atoms with Crippen LogP contribution in [0.5, 0.6) is 0 Å². The Labute approximate surface area is 94.3 Å². The van der Waals surface area contributed by atoms with Crippen molar-refractivity contribution in [1.82, 2.24) is 0 Å². The van der Waals surface area contributed by atoms with Gasteiger partial charge in [-0.25, -0.2) is 8.78 Å². The van der Waals surface area contributed by atoms with Crippen molar-refractivity contribution in [2.24, 2.45) is 11.8 Å². The molecule has 1 aromatic carbocycles. The Kier molecular flexibility index (Phi) is 4.52. The second-order valence-electron chi connectivity index (χ2n) is 4.06. The first kappa shape index (κ1) is 12.4. The van der Waals surface area contributed by atoms with Crippen molar-refractivity contribution in [2.45, 2.75) is 20.3 Å². The lowest BCUT2D eigenvalue weighted by Crippen LogP contribution is -2.15. The Morgan fingerprint density at radius 2 is 1.73 bits per heavy atom. The lowest BCUT2D eigenvalue weighted by Gasteiger charge is -2.18. The number of rotatable bonds is 4. The van der Waals surface area contributed by atoms with Gasteiger partial charge < -0.3 is 0 Å². The van der Waals surface area contributed by atoms with Crippen LogP contribution in [0.2, 0.25) is 0 Å². The molecule has 0 N–H and O–H groups in total. The number of benzene rings is 1. The summed E-state index contributed by atoms with van der Waals surface area (Å²) in [4.78, 5) is 0. The second kappa shape index (κ2) is 5.45. The summed E-state index contributed by atoms with van der Waals surface area (Å²) < 4.78 is 26.7. The third-order valence-electron chi connectivity index (χ3n) is 2.67. The zero-order chi connectivity index (χ0) is 11.4. The number of hydrogen-bond donors (Lipinski definition) is 0. The Morgan fingerprint density at radius 3 is 2.13 bits per heavy atom. The van der Waals surface area contributed by atoms with Gasteiger partial charge in [-0.1, -0.05) is 19.9 Å². The standard InChI is InChI=1S/C12H15ClF2/c1-8(2)9(7-13)6-10-11(14)4-3-5-12(10)15/h3-5,8-9H,6-7H2,1-2H3. The maximum atomic E-state index is 13.3. The summed E-state index contributed by atoms with van der Waals surface area (Å²) in [5, 5.41) is 0. The molecule has 0 spiro atoms. The van der Waals surface area contributed by atoms with E-state index in [4.69, 9.17) is 11.6 Å². The normalized spacial score (nSPS) is 13.2. The monoisotopic (exact) mass is 232 g/mol. The molecular formula is C12H15ClF2. The molecule has 15 heavy (non-hydrogen) atoms. The lowest BCUT2D eigenvalue weighted by molar-refractivity contribution is 0.406. The number of halogens is 3. The van der Waals surface area contributed by atoms with E-state index < -0.39 is 11.6 Å². The van der Waals surface area contributed by atoms with Crippen molar-refractivity contribution in [3.63, 3.8) is 0 Å². The molecule has 3 heteroatoms. The summed E-state index contributed by atoms with van der Waals surface area (Å²) in [5.74, 6) is -0.109. The van der Waals surface area contributed by atoms with Gasteiger partial charge in [0.2, 0.25) is 0 Å². The van der Waals surface area contributed by atoms with Gasteiger partial charge in [-0.3, -0.25) is 0 Å². The highest BCUT2D eigenvalue weighted by atomic mass is 35.5. The smallest absolute Gasteiger partial charge is 0.129 e. The minimum Gasteiger partial charge on any atom is -0.207 e. The minimum absolute atomic E-state index is 0.109. The number of hydrogen-bond acceptors (Lipinski definition) is 0. The van der Waals surface area contributed by atoms with E-state index in [1.165, 1.54) is 18.2 Å². The van der Waals surface area contributed by atoms with Crippen LogP contribution in [-0.2, 0) is 6.42 Å². The van der Waals surface area contributed by atoms with Crippen LogP contribution in [-0.4, -0.2) is 5.88 Å². The highest BCUT2D eigenvalue weighted by Crippen LogP contribution is 2.22. The highest BCUT2D eigenvalue weighted by Gasteiger charge is 2.17. The molecular weight excluding hydrogens is 218 g/mol. The van der Waals surface area contributed by atoms with Gasteiger partial charge in [0.15, 0.2) is 0 Å². The first-order valence-corrected chi connectivity index (χ1v) is 5.58. The van der Waals surface area contributed by atoms with E-state index in [2.05, 4.69) is 0 Å². The summed E-state index contributed by atoms with van der Waals surface area (Å²) >= 11 is 5.77. The first-order valence-electron chi connectivity index (χ1n) is 5.05. The molecule has 84 valence electrons. The predicted molar refractivity (Wildman–Crippen MR) is 59.1 cm³/mol. The van der Waals surface area contributed by atoms with Gasteiger partial charge in [-0.05, 0) is 30.4 Å². The molecule has 0 aliphatic carbocycles. The van der Waals surface area contributed by atoms with Crippen LogP contribution in [0.25, 0.3) is 0 Å². The fourth-order valence-electron chi connectivity index (χ4n) is 1.46. The minimum atomic E-state index is -0.481. The van der Waals surface area contributed by atoms with Crippen molar-refractivity contribution in [1.29, 1.82) is 0 Å². The van der Waals surface area contributed by atoms with E-state index in [0.29, 0.717) is 18.2 Å². The molecule has 0 aliphatic heterocycles. The summed E-state index contributed by atoms with van der Waals surface area (Å²) in [5.41, 5.74) is 0.150. The topological polar surface area (TPSA) is 0 Å². The van der Waals surface area contributed by atoms with E-state index in [1.54, 1.807) is 0 Å². The van der Waals surface area contributed by atoms with E-state index in [1.807, 2.05) is 13.8 Å². The zero-order valence-electron chi connectivity index (χ0n) is 8.93. The van der Waals surface area contributed by atoms with Gasteiger partial charge in [-0.15, -0.1) is 11.6 Å². The van der Waals surface area contributed by atoms with E-state index in [9.17, 15) is 8.78 Å². The third kappa shape index (κ3) is 3.16. The third-order valence-corrected chi connectivity index (χ3v) is 3.07. The Hall–Kier alpha value is -0.630. The average Bonchev–Trinajstić information content (AvgIpc) is 2.17. The van der Waals surface area contributed by atoms with Crippen LogP contribution in [0, 0.1) is 23.5 Å². The molecule has 0 fully saturated rings. The molecule has 0 aromatic heterocycles. The molecule has 0 bridgehead atoms. The summed E-state index contributed by atoms with van der Waals surface area (Å²) in [7, 11) is 0. The molecule has 0 aliphatic rings. The first-order chi connectivity index (χ1) is 7.06. The zero-order valence-corrected chi connectivity index (χ0v) is 9.69. The largest absolute Gasteiger partial charge is 0.207 e. The van der Waals surface area contributed by atoms with Crippen LogP contribution in [0.4, 0.5) is 8.78 Å². The quantitative estimate of drug-likeness (QED) is 0.688. The Bertz CT molecular complexity index is 303. The molecule has 0 nitrogen and oxygen atoms in total. The van der Waals surface area contributed by atoms with Crippen LogP contribution in [0.15, 0.2) is 18.2 Å². The summed E-state index contributed by atoms with van der Waals surface area (Å²) in [6.07, 6.45) is 0.361. The van der Waals surface area contributed by atoms with Crippen molar-refractivity contribution < 1.29 is 8.78 Å². The Morgan fingerprint density at radius 1 is 1.20 bits per heavy atom. The average molecular weight is 233 g/mol. The van der Waals surface area contributed by atoms with Crippen molar-refractivity contribution in [2.75, 3.05) is 5.88 Å². The molecule has 0 saturated heterocycles. The van der Waals surface area contributed by atoms with E-state index in [-0.39, 0.29) is 11.5 Å². The molecule has 1 unspecified atom stereocenters. The molecule has 0 saturated carbocycles. The molecule has 0 amide bonds. The highest BCUT2D eigenvalue weighted by molar-refractivity contribution is 6.18. The van der Waals surface area contributed by atoms with Crippen LogP contribution >= 0.6 is 11.6 Å². The van der Waals surface area contributed by atoms with Gasteiger partial charge in [0.25, 0.3) is 0 Å². The summed E-state index contributed by atoms with van der Waals surface area (Å²) in [6.45, 7) is 4.01. The number of alkyl halides is 1. The SMILES string of the molecule is CC(C)C(CCl)Cc1c(F)cccc1F. The van der Waals surface area contributed by atoms with Gasteiger partial charge in [0.05, 0.1) is 0 Å². The van der Waals surface area contributed by atoms with Gasteiger partial charge in [0, 0.05) is 11.4 Å². The molecule has 0 heterocycles. The maximum Gasteiger partial charge on any atom is 0.129 e. The van der Waals surface area contributed by atoms with Crippen molar-refractivity contribution in [3.8, 4) is 0 Å². The summed E-state index contributed by atoms with van der Waals surface area (Å²) in [6, 6.07) is 3.94. The molecule has 1 rings (SSSR count). The van der Waals surface area contributed by atoms with Gasteiger partial charge in [-0.2, -0.15) is 0 Å². The van der Waals surface area contributed by atoms with Crippen molar-refractivity contribution >= 4 is 11.6 Å². The maximum absolute atomic E-state index is 13.3.